The largest absolute Gasteiger partial charge is 0.488 e. The molecule has 2 rings (SSSR count). The van der Waals surface area contributed by atoms with E-state index in [2.05, 4.69) is 21.7 Å². The number of rotatable bonds is 5. The monoisotopic (exact) mass is 311 g/mol. The van der Waals surface area contributed by atoms with Crippen molar-refractivity contribution in [1.29, 1.82) is 0 Å². The summed E-state index contributed by atoms with van der Waals surface area (Å²) in [6.45, 7) is 0.956. The van der Waals surface area contributed by atoms with Gasteiger partial charge in [-0.1, -0.05) is 18.2 Å². The molecule has 1 unspecified atom stereocenters. The van der Waals surface area contributed by atoms with Gasteiger partial charge in [-0.3, -0.25) is 4.99 Å². The van der Waals surface area contributed by atoms with E-state index in [0.717, 1.165) is 12.2 Å². The number of benzene rings is 1. The Bertz CT molecular complexity index is 589. The van der Waals surface area contributed by atoms with Gasteiger partial charge in [0.25, 0.3) is 0 Å². The Kier molecular flexibility index (Phi) is 5.06. The lowest BCUT2D eigenvalue weighted by molar-refractivity contribution is 0.235. The minimum absolute atomic E-state index is 0.0656. The van der Waals surface area contributed by atoms with Gasteiger partial charge in [0.15, 0.2) is 5.96 Å². The van der Waals surface area contributed by atoms with Crippen LogP contribution in [-0.4, -0.2) is 52.6 Å². The molecule has 0 aromatic heterocycles. The molecule has 0 saturated carbocycles. The van der Waals surface area contributed by atoms with Crippen LogP contribution < -0.4 is 15.4 Å². The average molecular weight is 311 g/mol. The number of sulfone groups is 1. The lowest BCUT2D eigenvalue weighted by atomic mass is 10.1. The highest BCUT2D eigenvalue weighted by molar-refractivity contribution is 7.90. The number of guanidine groups is 1. The summed E-state index contributed by atoms with van der Waals surface area (Å²) >= 11 is 0. The third-order valence-electron chi connectivity index (χ3n) is 3.20. The summed E-state index contributed by atoms with van der Waals surface area (Å²) in [5.74, 6) is 1.60. The lowest BCUT2D eigenvalue weighted by Crippen LogP contribution is -2.43. The molecular weight excluding hydrogens is 290 g/mol. The van der Waals surface area contributed by atoms with E-state index < -0.39 is 9.84 Å². The van der Waals surface area contributed by atoms with Gasteiger partial charge in [0.1, 0.15) is 21.7 Å². The number of hydrogen-bond donors (Lipinski definition) is 2. The van der Waals surface area contributed by atoms with Crippen molar-refractivity contribution in [2.75, 3.05) is 32.1 Å². The molecule has 1 aromatic rings. The summed E-state index contributed by atoms with van der Waals surface area (Å²) in [6.07, 6.45) is 2.15. The molecule has 21 heavy (non-hydrogen) atoms. The highest BCUT2D eigenvalue weighted by Gasteiger charge is 2.22. The minimum Gasteiger partial charge on any atom is -0.488 e. The second kappa shape index (κ2) is 6.80. The van der Waals surface area contributed by atoms with Crippen molar-refractivity contribution in [2.45, 2.75) is 12.5 Å². The Morgan fingerprint density at radius 1 is 1.38 bits per heavy atom. The first-order valence-electron chi connectivity index (χ1n) is 6.85. The van der Waals surface area contributed by atoms with Crippen molar-refractivity contribution < 1.29 is 13.2 Å². The quantitative estimate of drug-likeness (QED) is 0.600. The van der Waals surface area contributed by atoms with Gasteiger partial charge in [-0.25, -0.2) is 8.42 Å². The maximum absolute atomic E-state index is 11.1. The highest BCUT2D eigenvalue weighted by Crippen LogP contribution is 2.27. The van der Waals surface area contributed by atoms with E-state index in [4.69, 9.17) is 4.74 Å². The van der Waals surface area contributed by atoms with Gasteiger partial charge >= 0.3 is 0 Å². The van der Waals surface area contributed by atoms with Crippen LogP contribution in [0.4, 0.5) is 0 Å². The standard InChI is InChI=1S/C14H21N3O3S/c1-15-14(16-7-8-21(2,18)19)17-10-12-9-11-5-3-4-6-13(11)20-12/h3-6,12H,7-10H2,1-2H3,(H2,15,16,17). The number of nitrogens with one attached hydrogen (secondary N) is 2. The average Bonchev–Trinajstić information content (AvgIpc) is 2.84. The first-order valence-corrected chi connectivity index (χ1v) is 8.91. The molecule has 0 spiro atoms. The topological polar surface area (TPSA) is 79.8 Å². The van der Waals surface area contributed by atoms with Crippen molar-refractivity contribution in [1.82, 2.24) is 10.6 Å². The molecular formula is C14H21N3O3S. The number of hydrogen-bond acceptors (Lipinski definition) is 4. The van der Waals surface area contributed by atoms with Gasteiger partial charge in [0.2, 0.25) is 0 Å². The second-order valence-electron chi connectivity index (χ2n) is 5.06. The molecule has 1 aliphatic heterocycles. The van der Waals surface area contributed by atoms with Gasteiger partial charge < -0.3 is 15.4 Å². The third-order valence-corrected chi connectivity index (χ3v) is 4.15. The third kappa shape index (κ3) is 4.93. The van der Waals surface area contributed by atoms with Gasteiger partial charge in [-0.2, -0.15) is 0 Å². The Balaban J connectivity index is 1.75. The lowest BCUT2D eigenvalue weighted by Gasteiger charge is -2.15. The summed E-state index contributed by atoms with van der Waals surface area (Å²) in [5.41, 5.74) is 1.21. The molecule has 2 N–H and O–H groups in total. The molecule has 6 nitrogen and oxygen atoms in total. The van der Waals surface area contributed by atoms with Crippen molar-refractivity contribution in [3.05, 3.63) is 29.8 Å². The van der Waals surface area contributed by atoms with Crippen LogP contribution in [0.5, 0.6) is 5.75 Å². The van der Waals surface area contributed by atoms with Crippen LogP contribution >= 0.6 is 0 Å². The molecule has 0 radical (unpaired) electrons. The molecule has 1 heterocycles. The van der Waals surface area contributed by atoms with E-state index in [-0.39, 0.29) is 11.9 Å². The molecule has 0 fully saturated rings. The highest BCUT2D eigenvalue weighted by atomic mass is 32.2. The van der Waals surface area contributed by atoms with E-state index in [1.54, 1.807) is 7.05 Å². The maximum atomic E-state index is 11.1. The van der Waals surface area contributed by atoms with Gasteiger partial charge in [0, 0.05) is 26.3 Å². The van der Waals surface area contributed by atoms with E-state index in [1.165, 1.54) is 11.8 Å². The zero-order valence-corrected chi connectivity index (χ0v) is 13.1. The van der Waals surface area contributed by atoms with Crippen LogP contribution in [0.15, 0.2) is 29.3 Å². The van der Waals surface area contributed by atoms with Crippen LogP contribution in [0.1, 0.15) is 5.56 Å². The van der Waals surface area contributed by atoms with Gasteiger partial charge in [0.05, 0.1) is 12.3 Å². The predicted molar refractivity (Wildman–Crippen MR) is 83.6 cm³/mol. The van der Waals surface area contributed by atoms with Crippen LogP contribution in [0.25, 0.3) is 0 Å². The molecule has 0 saturated heterocycles. The van der Waals surface area contributed by atoms with Crippen molar-refractivity contribution in [3.8, 4) is 5.75 Å². The summed E-state index contributed by atoms with van der Waals surface area (Å²) < 4.78 is 28.0. The van der Waals surface area contributed by atoms with E-state index in [0.29, 0.717) is 19.0 Å². The zero-order valence-electron chi connectivity index (χ0n) is 12.3. The maximum Gasteiger partial charge on any atom is 0.191 e. The number of fused-ring (bicyclic) bond motifs is 1. The molecule has 7 heteroatoms. The molecule has 1 aliphatic rings. The molecule has 1 aromatic carbocycles. The Morgan fingerprint density at radius 2 is 2.14 bits per heavy atom. The Labute approximate surface area is 125 Å². The van der Waals surface area contributed by atoms with E-state index in [9.17, 15) is 8.42 Å². The first-order chi connectivity index (χ1) is 9.98. The van der Waals surface area contributed by atoms with E-state index >= 15 is 0 Å². The number of ether oxygens (including phenoxy) is 1. The smallest absolute Gasteiger partial charge is 0.191 e. The van der Waals surface area contributed by atoms with Crippen LogP contribution in [0, 0.1) is 0 Å². The second-order valence-corrected chi connectivity index (χ2v) is 7.32. The van der Waals surface area contributed by atoms with Crippen LogP contribution in [0.2, 0.25) is 0 Å². The van der Waals surface area contributed by atoms with Crippen LogP contribution in [0.3, 0.4) is 0 Å². The number of aliphatic imine (C=N–C) groups is 1. The van der Waals surface area contributed by atoms with Crippen molar-refractivity contribution >= 4 is 15.8 Å². The van der Waals surface area contributed by atoms with Crippen molar-refractivity contribution in [3.63, 3.8) is 0 Å². The van der Waals surface area contributed by atoms with Gasteiger partial charge in [-0.15, -0.1) is 0 Å². The molecule has 0 amide bonds. The first kappa shape index (κ1) is 15.6. The summed E-state index contributed by atoms with van der Waals surface area (Å²) in [5, 5.41) is 6.13. The fourth-order valence-corrected chi connectivity index (χ4v) is 2.63. The summed E-state index contributed by atoms with van der Waals surface area (Å²) in [4.78, 5) is 4.06. The summed E-state index contributed by atoms with van der Waals surface area (Å²) in [6, 6.07) is 7.99. The Hall–Kier alpha value is -1.76. The SMILES string of the molecule is CN=C(NCCS(C)(=O)=O)NCC1Cc2ccccc2O1. The summed E-state index contributed by atoms with van der Waals surface area (Å²) in [7, 11) is -1.31. The fraction of sp³-hybridized carbons (Fsp3) is 0.500. The normalized spacial score (nSPS) is 18.0. The number of para-hydroxylation sites is 1. The predicted octanol–water partition coefficient (Wildman–Crippen LogP) is 0.200. The molecule has 0 bridgehead atoms. The van der Waals surface area contributed by atoms with Crippen LogP contribution in [-0.2, 0) is 16.3 Å². The number of nitrogens with zero attached hydrogens (tertiary/aromatic N) is 1. The molecule has 1 atom stereocenters. The van der Waals surface area contributed by atoms with E-state index in [1.807, 2.05) is 18.2 Å². The minimum atomic E-state index is -2.96. The molecule has 0 aliphatic carbocycles. The van der Waals surface area contributed by atoms with Gasteiger partial charge in [-0.05, 0) is 11.6 Å². The molecule has 116 valence electrons. The fourth-order valence-electron chi connectivity index (χ4n) is 2.15. The van der Waals surface area contributed by atoms with Crippen molar-refractivity contribution in [2.24, 2.45) is 4.99 Å². The zero-order chi connectivity index (χ0) is 15.3. The Morgan fingerprint density at radius 3 is 2.81 bits per heavy atom.